The van der Waals surface area contributed by atoms with E-state index < -0.39 is 0 Å². The maximum atomic E-state index is 11.8. The van der Waals surface area contributed by atoms with Crippen LogP contribution in [0, 0.1) is 6.92 Å². The zero-order valence-corrected chi connectivity index (χ0v) is 15.3. The van der Waals surface area contributed by atoms with Gasteiger partial charge in [-0.15, -0.1) is 0 Å². The second kappa shape index (κ2) is 10.4. The third-order valence-corrected chi connectivity index (χ3v) is 3.70. The van der Waals surface area contributed by atoms with Gasteiger partial charge in [0.25, 0.3) is 0 Å². The SMILES string of the molecule is CCCCn1nc(C)c(/C=C/C(=O)NCCCOC(C)C)c1Cl. The molecule has 0 saturated carbocycles. The Morgan fingerprint density at radius 3 is 2.83 bits per heavy atom. The van der Waals surface area contributed by atoms with Crippen LogP contribution < -0.4 is 5.32 Å². The number of halogens is 1. The Morgan fingerprint density at radius 1 is 1.43 bits per heavy atom. The minimum Gasteiger partial charge on any atom is -0.379 e. The van der Waals surface area contributed by atoms with E-state index in [0.29, 0.717) is 18.3 Å². The van der Waals surface area contributed by atoms with Crippen LogP contribution in [0.1, 0.15) is 51.3 Å². The number of aromatic nitrogens is 2. The number of ether oxygens (including phenoxy) is 1. The molecule has 0 saturated heterocycles. The normalized spacial score (nSPS) is 11.6. The predicted octanol–water partition coefficient (Wildman–Crippen LogP) is 3.59. The van der Waals surface area contributed by atoms with Gasteiger partial charge >= 0.3 is 0 Å². The largest absolute Gasteiger partial charge is 0.379 e. The van der Waals surface area contributed by atoms with Crippen molar-refractivity contribution >= 4 is 23.6 Å². The highest BCUT2D eigenvalue weighted by molar-refractivity contribution is 6.31. The van der Waals surface area contributed by atoms with Gasteiger partial charge in [0, 0.05) is 31.3 Å². The van der Waals surface area contributed by atoms with Crippen molar-refractivity contribution in [2.24, 2.45) is 0 Å². The van der Waals surface area contributed by atoms with Crippen LogP contribution in [0.15, 0.2) is 6.08 Å². The predicted molar refractivity (Wildman–Crippen MR) is 94.6 cm³/mol. The number of hydrogen-bond acceptors (Lipinski definition) is 3. The number of amides is 1. The molecule has 0 unspecified atom stereocenters. The second-order valence-corrected chi connectivity index (χ2v) is 6.12. The minimum absolute atomic E-state index is 0.133. The molecule has 23 heavy (non-hydrogen) atoms. The van der Waals surface area contributed by atoms with E-state index in [1.807, 2.05) is 20.8 Å². The zero-order valence-electron chi connectivity index (χ0n) is 14.6. The number of rotatable bonds is 10. The highest BCUT2D eigenvalue weighted by Crippen LogP contribution is 2.21. The van der Waals surface area contributed by atoms with Gasteiger partial charge in [-0.2, -0.15) is 5.10 Å². The molecule has 0 atom stereocenters. The van der Waals surface area contributed by atoms with Crippen LogP contribution in [-0.4, -0.2) is 34.9 Å². The summed E-state index contributed by atoms with van der Waals surface area (Å²) >= 11 is 6.32. The van der Waals surface area contributed by atoms with Crippen molar-refractivity contribution in [2.45, 2.75) is 59.6 Å². The highest BCUT2D eigenvalue weighted by Gasteiger charge is 2.10. The van der Waals surface area contributed by atoms with Crippen LogP contribution in [-0.2, 0) is 16.1 Å². The van der Waals surface area contributed by atoms with Crippen LogP contribution in [0.2, 0.25) is 5.15 Å². The summed E-state index contributed by atoms with van der Waals surface area (Å²) < 4.78 is 7.21. The Kier molecular flexibility index (Phi) is 8.95. The number of nitrogens with one attached hydrogen (secondary N) is 1. The third kappa shape index (κ3) is 7.18. The van der Waals surface area contributed by atoms with E-state index in [0.717, 1.165) is 37.1 Å². The summed E-state index contributed by atoms with van der Waals surface area (Å²) in [5.74, 6) is -0.133. The van der Waals surface area contributed by atoms with Crippen molar-refractivity contribution in [1.82, 2.24) is 15.1 Å². The molecule has 0 aromatic carbocycles. The van der Waals surface area contributed by atoms with Gasteiger partial charge in [0.2, 0.25) is 5.91 Å². The van der Waals surface area contributed by atoms with Gasteiger partial charge < -0.3 is 10.1 Å². The van der Waals surface area contributed by atoms with Gasteiger partial charge in [0.1, 0.15) is 5.15 Å². The molecular formula is C17H28ClN3O2. The lowest BCUT2D eigenvalue weighted by atomic mass is 10.2. The molecule has 1 rings (SSSR count). The van der Waals surface area contributed by atoms with Crippen LogP contribution in [0.25, 0.3) is 6.08 Å². The third-order valence-electron chi connectivity index (χ3n) is 3.31. The van der Waals surface area contributed by atoms with Crippen molar-refractivity contribution in [1.29, 1.82) is 0 Å². The summed E-state index contributed by atoms with van der Waals surface area (Å²) in [6.45, 7) is 10.1. The smallest absolute Gasteiger partial charge is 0.244 e. The summed E-state index contributed by atoms with van der Waals surface area (Å²) in [6.07, 6.45) is 6.37. The van der Waals surface area contributed by atoms with E-state index in [4.69, 9.17) is 16.3 Å². The molecule has 1 N–H and O–H groups in total. The number of hydrogen-bond donors (Lipinski definition) is 1. The number of carbonyl (C=O) groups is 1. The van der Waals surface area contributed by atoms with Crippen molar-refractivity contribution in [2.75, 3.05) is 13.2 Å². The van der Waals surface area contributed by atoms with E-state index >= 15 is 0 Å². The van der Waals surface area contributed by atoms with Gasteiger partial charge in [-0.1, -0.05) is 24.9 Å². The molecule has 6 heteroatoms. The summed E-state index contributed by atoms with van der Waals surface area (Å²) in [7, 11) is 0. The molecule has 0 aliphatic heterocycles. The molecule has 1 amide bonds. The minimum atomic E-state index is -0.133. The number of aryl methyl sites for hydroxylation is 2. The van der Waals surface area contributed by atoms with Gasteiger partial charge in [-0.25, -0.2) is 0 Å². The molecule has 0 fully saturated rings. The van der Waals surface area contributed by atoms with Crippen LogP contribution in [0.4, 0.5) is 0 Å². The van der Waals surface area contributed by atoms with Crippen molar-refractivity contribution in [3.8, 4) is 0 Å². The molecular weight excluding hydrogens is 314 g/mol. The lowest BCUT2D eigenvalue weighted by Gasteiger charge is -2.07. The molecule has 130 valence electrons. The quantitative estimate of drug-likeness (QED) is 0.522. The van der Waals surface area contributed by atoms with Crippen LogP contribution in [0.3, 0.4) is 0 Å². The number of unbranched alkanes of at least 4 members (excludes halogenated alkanes) is 1. The summed E-state index contributed by atoms with van der Waals surface area (Å²) in [4.78, 5) is 11.8. The maximum Gasteiger partial charge on any atom is 0.244 e. The van der Waals surface area contributed by atoms with E-state index in [-0.39, 0.29) is 12.0 Å². The topological polar surface area (TPSA) is 56.2 Å². The Balaban J connectivity index is 2.47. The Bertz CT molecular complexity index is 524. The first-order valence-electron chi connectivity index (χ1n) is 8.26. The summed E-state index contributed by atoms with van der Waals surface area (Å²) in [5, 5.41) is 7.83. The zero-order chi connectivity index (χ0) is 17.2. The summed E-state index contributed by atoms with van der Waals surface area (Å²) in [5.41, 5.74) is 1.64. The van der Waals surface area contributed by atoms with Gasteiger partial charge in [-0.3, -0.25) is 9.48 Å². The fraction of sp³-hybridized carbons (Fsp3) is 0.647. The lowest BCUT2D eigenvalue weighted by molar-refractivity contribution is -0.116. The molecule has 1 heterocycles. The first kappa shape index (κ1) is 19.7. The fourth-order valence-electron chi connectivity index (χ4n) is 2.03. The van der Waals surface area contributed by atoms with Crippen molar-refractivity contribution in [3.63, 3.8) is 0 Å². The average Bonchev–Trinajstić information content (AvgIpc) is 2.76. The average molecular weight is 342 g/mol. The van der Waals surface area contributed by atoms with E-state index in [1.165, 1.54) is 6.08 Å². The van der Waals surface area contributed by atoms with Gasteiger partial charge in [0.15, 0.2) is 0 Å². The Morgan fingerprint density at radius 2 is 2.17 bits per heavy atom. The number of carbonyl (C=O) groups excluding carboxylic acids is 1. The van der Waals surface area contributed by atoms with Crippen LogP contribution >= 0.6 is 11.6 Å². The Hall–Kier alpha value is -1.33. The first-order chi connectivity index (χ1) is 11.0. The fourth-order valence-corrected chi connectivity index (χ4v) is 2.36. The first-order valence-corrected chi connectivity index (χ1v) is 8.63. The maximum absolute atomic E-state index is 11.8. The van der Waals surface area contributed by atoms with E-state index in [1.54, 1.807) is 10.8 Å². The second-order valence-electron chi connectivity index (χ2n) is 5.76. The lowest BCUT2D eigenvalue weighted by Crippen LogP contribution is -2.23. The van der Waals surface area contributed by atoms with Crippen molar-refractivity contribution in [3.05, 3.63) is 22.5 Å². The molecule has 0 spiro atoms. The van der Waals surface area contributed by atoms with Crippen molar-refractivity contribution < 1.29 is 9.53 Å². The molecule has 0 bridgehead atoms. The van der Waals surface area contributed by atoms with E-state index in [9.17, 15) is 4.79 Å². The van der Waals surface area contributed by atoms with E-state index in [2.05, 4.69) is 17.3 Å². The molecule has 1 aromatic heterocycles. The molecule has 1 aromatic rings. The molecule has 5 nitrogen and oxygen atoms in total. The summed E-state index contributed by atoms with van der Waals surface area (Å²) in [6, 6.07) is 0. The van der Waals surface area contributed by atoms with Gasteiger partial charge in [-0.05, 0) is 39.7 Å². The van der Waals surface area contributed by atoms with Gasteiger partial charge in [0.05, 0.1) is 11.8 Å². The monoisotopic (exact) mass is 341 g/mol. The molecule has 0 aliphatic rings. The van der Waals surface area contributed by atoms with Crippen LogP contribution in [0.5, 0.6) is 0 Å². The highest BCUT2D eigenvalue weighted by atomic mass is 35.5. The molecule has 0 radical (unpaired) electrons. The molecule has 0 aliphatic carbocycles. The Labute approximate surface area is 144 Å². The standard InChI is InChI=1S/C17H28ClN3O2/c1-5-6-11-21-17(18)15(14(4)20-21)8-9-16(22)19-10-7-12-23-13(2)3/h8-9,13H,5-7,10-12H2,1-4H3,(H,19,22)/b9-8+. The number of nitrogens with zero attached hydrogens (tertiary/aromatic N) is 2.